The molecule has 1 nitrogen and oxygen atoms in total. The van der Waals surface area contributed by atoms with Crippen molar-refractivity contribution in [2.75, 3.05) is 13.6 Å². The lowest BCUT2D eigenvalue weighted by Gasteiger charge is -2.41. The fourth-order valence-corrected chi connectivity index (χ4v) is 2.12. The third-order valence-corrected chi connectivity index (χ3v) is 4.20. The van der Waals surface area contributed by atoms with Gasteiger partial charge in [0, 0.05) is 12.1 Å². The van der Waals surface area contributed by atoms with Gasteiger partial charge in [-0.15, -0.1) is 0 Å². The van der Waals surface area contributed by atoms with Crippen LogP contribution in [0.2, 0.25) is 0 Å². The topological polar surface area (TPSA) is 3.24 Å². The Kier molecular flexibility index (Phi) is 6.03. The Hall–Kier alpha value is -0.0400. The van der Waals surface area contributed by atoms with Gasteiger partial charge in [0.25, 0.3) is 0 Å². The van der Waals surface area contributed by atoms with Crippen molar-refractivity contribution < 1.29 is 0 Å². The van der Waals surface area contributed by atoms with Gasteiger partial charge in [-0.05, 0) is 45.1 Å². The Morgan fingerprint density at radius 2 is 1.56 bits per heavy atom. The molecule has 1 unspecified atom stereocenters. The predicted octanol–water partition coefficient (Wildman–Crippen LogP) is 4.57. The fourth-order valence-electron chi connectivity index (χ4n) is 2.12. The molecule has 0 aromatic carbocycles. The molecule has 0 saturated heterocycles. The molecule has 0 aromatic heterocycles. The standard InChI is InChI=1S/C15H33N/c1-9-13(3)11-15(6,7)16(8)12-14(4,5)10-2/h13H,9-12H2,1-8H3. The van der Waals surface area contributed by atoms with E-state index in [2.05, 4.69) is 60.4 Å². The Bertz CT molecular complexity index is 194. The van der Waals surface area contributed by atoms with Gasteiger partial charge in [0.2, 0.25) is 0 Å². The normalized spacial score (nSPS) is 15.6. The molecule has 1 heteroatoms. The van der Waals surface area contributed by atoms with E-state index in [0.29, 0.717) is 11.0 Å². The molecule has 0 saturated carbocycles. The average molecular weight is 227 g/mol. The maximum absolute atomic E-state index is 2.54. The van der Waals surface area contributed by atoms with E-state index in [4.69, 9.17) is 0 Å². The molecule has 0 aromatic rings. The van der Waals surface area contributed by atoms with Crippen LogP contribution in [0.4, 0.5) is 0 Å². The molecule has 0 radical (unpaired) electrons. The van der Waals surface area contributed by atoms with E-state index in [1.807, 2.05) is 0 Å². The zero-order chi connectivity index (χ0) is 13.0. The second kappa shape index (κ2) is 6.05. The van der Waals surface area contributed by atoms with E-state index in [9.17, 15) is 0 Å². The van der Waals surface area contributed by atoms with Gasteiger partial charge in [0.05, 0.1) is 0 Å². The van der Waals surface area contributed by atoms with E-state index in [1.165, 1.54) is 25.8 Å². The van der Waals surface area contributed by atoms with Crippen LogP contribution >= 0.6 is 0 Å². The van der Waals surface area contributed by atoms with E-state index < -0.39 is 0 Å². The summed E-state index contributed by atoms with van der Waals surface area (Å²) >= 11 is 0. The van der Waals surface area contributed by atoms with Crippen molar-refractivity contribution in [3.8, 4) is 0 Å². The van der Waals surface area contributed by atoms with Crippen LogP contribution in [0.5, 0.6) is 0 Å². The predicted molar refractivity (Wildman–Crippen MR) is 74.9 cm³/mol. The Balaban J connectivity index is 4.39. The fraction of sp³-hybridized carbons (Fsp3) is 1.00. The molecule has 0 aliphatic carbocycles. The number of hydrogen-bond donors (Lipinski definition) is 0. The van der Waals surface area contributed by atoms with Crippen LogP contribution in [-0.4, -0.2) is 24.0 Å². The first-order valence-electron chi connectivity index (χ1n) is 6.86. The summed E-state index contributed by atoms with van der Waals surface area (Å²) < 4.78 is 0. The molecule has 1 atom stereocenters. The molecule has 0 spiro atoms. The van der Waals surface area contributed by atoms with E-state index in [0.717, 1.165) is 5.92 Å². The summed E-state index contributed by atoms with van der Waals surface area (Å²) in [4.78, 5) is 2.54. The molecular formula is C15H33N. The summed E-state index contributed by atoms with van der Waals surface area (Å²) in [5.41, 5.74) is 0.753. The van der Waals surface area contributed by atoms with Crippen LogP contribution in [0.25, 0.3) is 0 Å². The van der Waals surface area contributed by atoms with Crippen molar-refractivity contribution >= 4 is 0 Å². The second-order valence-electron chi connectivity index (χ2n) is 6.90. The Morgan fingerprint density at radius 1 is 1.06 bits per heavy atom. The first kappa shape index (κ1) is 16.0. The maximum atomic E-state index is 2.54. The van der Waals surface area contributed by atoms with Crippen molar-refractivity contribution in [3.05, 3.63) is 0 Å². The highest BCUT2D eigenvalue weighted by Gasteiger charge is 2.29. The van der Waals surface area contributed by atoms with Crippen LogP contribution in [0.15, 0.2) is 0 Å². The molecule has 16 heavy (non-hydrogen) atoms. The first-order valence-corrected chi connectivity index (χ1v) is 6.86. The van der Waals surface area contributed by atoms with Crippen molar-refractivity contribution in [1.82, 2.24) is 4.90 Å². The van der Waals surface area contributed by atoms with Gasteiger partial charge >= 0.3 is 0 Å². The van der Waals surface area contributed by atoms with Crippen LogP contribution in [0.3, 0.4) is 0 Å². The van der Waals surface area contributed by atoms with Gasteiger partial charge in [0.1, 0.15) is 0 Å². The minimum atomic E-state index is 0.321. The molecular weight excluding hydrogens is 194 g/mol. The first-order chi connectivity index (χ1) is 7.14. The van der Waals surface area contributed by atoms with Gasteiger partial charge in [-0.25, -0.2) is 0 Å². The van der Waals surface area contributed by atoms with Crippen molar-refractivity contribution in [1.29, 1.82) is 0 Å². The van der Waals surface area contributed by atoms with E-state index in [-0.39, 0.29) is 0 Å². The van der Waals surface area contributed by atoms with E-state index >= 15 is 0 Å². The lowest BCUT2D eigenvalue weighted by Crippen LogP contribution is -2.46. The monoisotopic (exact) mass is 227 g/mol. The van der Waals surface area contributed by atoms with Crippen LogP contribution in [0, 0.1) is 11.3 Å². The molecule has 0 fully saturated rings. The number of nitrogens with zero attached hydrogens (tertiary/aromatic N) is 1. The van der Waals surface area contributed by atoms with Gasteiger partial charge < -0.3 is 4.90 Å². The highest BCUT2D eigenvalue weighted by atomic mass is 15.2. The third kappa shape index (κ3) is 5.34. The molecule has 0 aliphatic rings. The molecule has 0 bridgehead atoms. The molecule has 0 N–H and O–H groups in total. The summed E-state index contributed by atoms with van der Waals surface area (Å²) in [7, 11) is 2.28. The largest absolute Gasteiger partial charge is 0.301 e. The molecule has 0 aliphatic heterocycles. The minimum Gasteiger partial charge on any atom is -0.301 e. The lowest BCUT2D eigenvalue weighted by atomic mass is 9.84. The number of rotatable bonds is 7. The second-order valence-corrected chi connectivity index (χ2v) is 6.90. The van der Waals surface area contributed by atoms with Gasteiger partial charge in [-0.2, -0.15) is 0 Å². The van der Waals surface area contributed by atoms with Gasteiger partial charge in [-0.1, -0.05) is 41.0 Å². The minimum absolute atomic E-state index is 0.321. The summed E-state index contributed by atoms with van der Waals surface area (Å²) in [5.74, 6) is 0.821. The summed E-state index contributed by atoms with van der Waals surface area (Å²) in [5, 5.41) is 0. The lowest BCUT2D eigenvalue weighted by molar-refractivity contribution is 0.0800. The maximum Gasteiger partial charge on any atom is 0.0152 e. The number of hydrogen-bond acceptors (Lipinski definition) is 1. The molecule has 0 heterocycles. The quantitative estimate of drug-likeness (QED) is 0.616. The zero-order valence-corrected chi connectivity index (χ0v) is 12.9. The summed E-state index contributed by atoms with van der Waals surface area (Å²) in [6.07, 6.45) is 3.82. The zero-order valence-electron chi connectivity index (χ0n) is 12.9. The summed E-state index contributed by atoms with van der Waals surface area (Å²) in [6, 6.07) is 0. The van der Waals surface area contributed by atoms with Gasteiger partial charge in [0.15, 0.2) is 0 Å². The van der Waals surface area contributed by atoms with Crippen LogP contribution in [0.1, 0.15) is 67.7 Å². The third-order valence-electron chi connectivity index (χ3n) is 4.20. The summed E-state index contributed by atoms with van der Waals surface area (Å²) in [6.45, 7) is 17.6. The van der Waals surface area contributed by atoms with Crippen LogP contribution < -0.4 is 0 Å². The molecule has 0 rings (SSSR count). The smallest absolute Gasteiger partial charge is 0.0152 e. The molecule has 98 valence electrons. The van der Waals surface area contributed by atoms with Crippen molar-refractivity contribution in [3.63, 3.8) is 0 Å². The van der Waals surface area contributed by atoms with Crippen molar-refractivity contribution in [2.45, 2.75) is 73.3 Å². The highest BCUT2D eigenvalue weighted by Crippen LogP contribution is 2.29. The highest BCUT2D eigenvalue weighted by molar-refractivity contribution is 4.84. The average Bonchev–Trinajstić information content (AvgIpc) is 2.16. The Labute approximate surface area is 104 Å². The van der Waals surface area contributed by atoms with E-state index in [1.54, 1.807) is 0 Å². The Morgan fingerprint density at radius 3 is 1.94 bits per heavy atom. The molecule has 0 amide bonds. The van der Waals surface area contributed by atoms with Gasteiger partial charge in [-0.3, -0.25) is 0 Å². The van der Waals surface area contributed by atoms with Crippen LogP contribution in [-0.2, 0) is 0 Å². The SMILES string of the molecule is CCC(C)CC(C)(C)N(C)CC(C)(C)CC. The van der Waals surface area contributed by atoms with Crippen molar-refractivity contribution in [2.24, 2.45) is 11.3 Å².